The lowest BCUT2D eigenvalue weighted by molar-refractivity contribution is -0.115. The summed E-state index contributed by atoms with van der Waals surface area (Å²) in [4.78, 5) is 16.5. The second-order valence-electron chi connectivity index (χ2n) is 5.45. The summed E-state index contributed by atoms with van der Waals surface area (Å²) in [6.07, 6.45) is 3.26. The van der Waals surface area contributed by atoms with Gasteiger partial charge in [0.15, 0.2) is 0 Å². The maximum atomic E-state index is 12.0. The summed E-state index contributed by atoms with van der Waals surface area (Å²) in [6, 6.07) is 15.7. The Balaban J connectivity index is 1.68. The maximum Gasteiger partial charge on any atom is 0.275 e. The molecule has 2 aromatic carbocycles. The molecule has 1 N–H and O–H groups in total. The van der Waals surface area contributed by atoms with Crippen molar-refractivity contribution in [1.82, 2.24) is 5.32 Å². The molecule has 0 unspecified atom stereocenters. The summed E-state index contributed by atoms with van der Waals surface area (Å²) in [7, 11) is 1.65. The molecule has 0 spiro atoms. The number of benzene rings is 2. The molecule has 1 aliphatic rings. The Hall–Kier alpha value is -2.40. The van der Waals surface area contributed by atoms with Crippen LogP contribution in [-0.2, 0) is 11.2 Å². The second kappa shape index (κ2) is 7.45. The van der Waals surface area contributed by atoms with E-state index in [2.05, 4.69) is 26.2 Å². The van der Waals surface area contributed by atoms with Gasteiger partial charge in [0.2, 0.25) is 0 Å². The number of carbonyl (C=O) groups excluding carboxylic acids is 1. The molecule has 0 radical (unpaired) electrons. The van der Waals surface area contributed by atoms with Crippen molar-refractivity contribution in [3.05, 3.63) is 69.8 Å². The van der Waals surface area contributed by atoms with Crippen LogP contribution in [0.3, 0.4) is 0 Å². The molecule has 0 saturated carbocycles. The highest BCUT2D eigenvalue weighted by Crippen LogP contribution is 2.18. The number of methoxy groups -OCH3 is 1. The lowest BCUT2D eigenvalue weighted by atomic mass is 10.1. The van der Waals surface area contributed by atoms with Crippen molar-refractivity contribution in [2.45, 2.75) is 12.8 Å². The van der Waals surface area contributed by atoms with E-state index >= 15 is 0 Å². The van der Waals surface area contributed by atoms with E-state index in [4.69, 9.17) is 4.74 Å². The average molecular weight is 385 g/mol. The van der Waals surface area contributed by atoms with Crippen LogP contribution < -0.4 is 10.1 Å². The summed E-state index contributed by atoms with van der Waals surface area (Å²) in [5, 5.41) is 2.84. The van der Waals surface area contributed by atoms with E-state index in [0.29, 0.717) is 18.0 Å². The van der Waals surface area contributed by atoms with Gasteiger partial charge in [-0.2, -0.15) is 0 Å². The number of carbonyl (C=O) groups is 1. The van der Waals surface area contributed by atoms with Gasteiger partial charge in [0, 0.05) is 10.9 Å². The minimum atomic E-state index is -0.154. The first-order valence-electron chi connectivity index (χ1n) is 7.63. The monoisotopic (exact) mass is 384 g/mol. The fraction of sp³-hybridized carbons (Fsp3) is 0.158. The third-order valence-electron chi connectivity index (χ3n) is 3.70. The third-order valence-corrected chi connectivity index (χ3v) is 4.23. The molecule has 0 bridgehead atoms. The molecule has 24 heavy (non-hydrogen) atoms. The fourth-order valence-corrected chi connectivity index (χ4v) is 2.71. The number of nitrogens with zero attached hydrogens (tertiary/aromatic N) is 1. The van der Waals surface area contributed by atoms with E-state index in [9.17, 15) is 4.79 Å². The van der Waals surface area contributed by atoms with Crippen LogP contribution in [0.15, 0.2) is 63.7 Å². The molecule has 0 atom stereocenters. The zero-order valence-electron chi connectivity index (χ0n) is 13.3. The van der Waals surface area contributed by atoms with Crippen molar-refractivity contribution >= 4 is 33.7 Å². The van der Waals surface area contributed by atoms with Crippen molar-refractivity contribution in [2.75, 3.05) is 7.11 Å². The van der Waals surface area contributed by atoms with Gasteiger partial charge in [-0.25, -0.2) is 4.99 Å². The quantitative estimate of drug-likeness (QED) is 0.793. The van der Waals surface area contributed by atoms with E-state index < -0.39 is 0 Å². The summed E-state index contributed by atoms with van der Waals surface area (Å²) in [5.74, 6) is 1.38. The SMILES string of the molecule is COc1cccc(CCC2=N/C(=C/c3ccc(Br)cc3)C(=O)N2)c1. The standard InChI is InChI=1S/C19H17BrN2O2/c1-24-16-4-2-3-13(11-16)7-10-18-21-17(19(23)22-18)12-14-5-8-15(20)9-6-14/h2-6,8-9,11-12H,7,10H2,1H3,(H,21,22,23)/b17-12+. The van der Waals surface area contributed by atoms with Crippen LogP contribution >= 0.6 is 15.9 Å². The van der Waals surface area contributed by atoms with Gasteiger partial charge in [-0.05, 0) is 47.9 Å². The molecule has 122 valence electrons. The molecule has 1 aliphatic heterocycles. The average Bonchev–Trinajstić information content (AvgIpc) is 2.95. The molecule has 3 rings (SSSR count). The number of amidine groups is 1. The molecular formula is C19H17BrN2O2. The molecule has 0 aliphatic carbocycles. The highest BCUT2D eigenvalue weighted by atomic mass is 79.9. The smallest absolute Gasteiger partial charge is 0.275 e. The van der Waals surface area contributed by atoms with Crippen molar-refractivity contribution in [3.63, 3.8) is 0 Å². The first-order chi connectivity index (χ1) is 11.6. The zero-order chi connectivity index (χ0) is 16.9. The Bertz CT molecular complexity index is 810. The van der Waals surface area contributed by atoms with E-state index in [-0.39, 0.29) is 5.91 Å². The number of hydrogen-bond acceptors (Lipinski definition) is 3. The number of aryl methyl sites for hydroxylation is 1. The van der Waals surface area contributed by atoms with E-state index in [1.54, 1.807) is 13.2 Å². The number of ether oxygens (including phenoxy) is 1. The van der Waals surface area contributed by atoms with Gasteiger partial charge in [-0.1, -0.05) is 40.2 Å². The molecule has 5 heteroatoms. The lowest BCUT2D eigenvalue weighted by Crippen LogP contribution is -2.24. The van der Waals surface area contributed by atoms with Crippen LogP contribution in [0.25, 0.3) is 6.08 Å². The van der Waals surface area contributed by atoms with Gasteiger partial charge in [0.25, 0.3) is 5.91 Å². The number of hydrogen-bond donors (Lipinski definition) is 1. The predicted molar refractivity (Wildman–Crippen MR) is 99.0 cm³/mol. The van der Waals surface area contributed by atoms with Gasteiger partial charge < -0.3 is 10.1 Å². The van der Waals surface area contributed by atoms with Gasteiger partial charge in [-0.3, -0.25) is 4.79 Å². The van der Waals surface area contributed by atoms with E-state index in [1.807, 2.05) is 48.5 Å². The number of aliphatic imine (C=N–C) groups is 1. The zero-order valence-corrected chi connectivity index (χ0v) is 14.8. The molecular weight excluding hydrogens is 368 g/mol. The molecule has 1 heterocycles. The summed E-state index contributed by atoms with van der Waals surface area (Å²) >= 11 is 3.40. The summed E-state index contributed by atoms with van der Waals surface area (Å²) in [6.45, 7) is 0. The maximum absolute atomic E-state index is 12.0. The van der Waals surface area contributed by atoms with Crippen LogP contribution in [0, 0.1) is 0 Å². The third kappa shape index (κ3) is 4.11. The molecule has 2 aromatic rings. The Morgan fingerprint density at radius 2 is 1.96 bits per heavy atom. The number of rotatable bonds is 5. The summed E-state index contributed by atoms with van der Waals surface area (Å²) < 4.78 is 6.23. The van der Waals surface area contributed by atoms with E-state index in [1.165, 1.54) is 0 Å². The normalized spacial score (nSPS) is 15.3. The van der Waals surface area contributed by atoms with Gasteiger partial charge in [-0.15, -0.1) is 0 Å². The fourth-order valence-electron chi connectivity index (χ4n) is 2.44. The van der Waals surface area contributed by atoms with Crippen LogP contribution in [-0.4, -0.2) is 18.9 Å². The van der Waals surface area contributed by atoms with Gasteiger partial charge >= 0.3 is 0 Å². The molecule has 4 nitrogen and oxygen atoms in total. The first-order valence-corrected chi connectivity index (χ1v) is 8.42. The van der Waals surface area contributed by atoms with Crippen molar-refractivity contribution < 1.29 is 9.53 Å². The van der Waals surface area contributed by atoms with E-state index in [0.717, 1.165) is 27.8 Å². The highest BCUT2D eigenvalue weighted by Gasteiger charge is 2.19. The molecule has 0 fully saturated rings. The number of nitrogens with one attached hydrogen (secondary N) is 1. The second-order valence-corrected chi connectivity index (χ2v) is 6.36. The minimum Gasteiger partial charge on any atom is -0.497 e. The van der Waals surface area contributed by atoms with Crippen LogP contribution in [0.4, 0.5) is 0 Å². The minimum absolute atomic E-state index is 0.154. The number of halogens is 1. The number of amides is 1. The van der Waals surface area contributed by atoms with Crippen LogP contribution in [0.2, 0.25) is 0 Å². The van der Waals surface area contributed by atoms with Crippen LogP contribution in [0.1, 0.15) is 17.5 Å². The lowest BCUT2D eigenvalue weighted by Gasteiger charge is -2.04. The van der Waals surface area contributed by atoms with Crippen molar-refractivity contribution in [2.24, 2.45) is 4.99 Å². The van der Waals surface area contributed by atoms with Crippen molar-refractivity contribution in [1.29, 1.82) is 0 Å². The first kappa shape index (κ1) is 16.5. The molecule has 0 aromatic heterocycles. The Morgan fingerprint density at radius 1 is 1.17 bits per heavy atom. The van der Waals surface area contributed by atoms with Crippen LogP contribution in [0.5, 0.6) is 5.75 Å². The largest absolute Gasteiger partial charge is 0.497 e. The highest BCUT2D eigenvalue weighted by molar-refractivity contribution is 9.10. The molecule has 1 amide bonds. The predicted octanol–water partition coefficient (Wildman–Crippen LogP) is 3.96. The molecule has 0 saturated heterocycles. The Morgan fingerprint density at radius 3 is 2.71 bits per heavy atom. The topological polar surface area (TPSA) is 50.7 Å². The summed E-state index contributed by atoms with van der Waals surface area (Å²) in [5.41, 5.74) is 2.54. The van der Waals surface area contributed by atoms with Crippen molar-refractivity contribution in [3.8, 4) is 5.75 Å². The van der Waals surface area contributed by atoms with Gasteiger partial charge in [0.1, 0.15) is 17.3 Å². The Labute approximate surface area is 149 Å². The van der Waals surface area contributed by atoms with Gasteiger partial charge in [0.05, 0.1) is 7.11 Å². The Kier molecular flexibility index (Phi) is 5.11.